The molecule has 0 saturated carbocycles. The summed E-state index contributed by atoms with van der Waals surface area (Å²) in [5, 5.41) is 6.17. The van der Waals surface area contributed by atoms with Crippen LogP contribution in [-0.4, -0.2) is 24.0 Å². The van der Waals surface area contributed by atoms with E-state index in [4.69, 9.17) is 4.42 Å². The van der Waals surface area contributed by atoms with Crippen molar-refractivity contribution in [2.45, 2.75) is 19.9 Å². The minimum atomic E-state index is -0.502. The smallest absolute Gasteiger partial charge is 0.226 e. The van der Waals surface area contributed by atoms with Crippen LogP contribution in [0.2, 0.25) is 0 Å². The minimum Gasteiger partial charge on any atom is -0.444 e. The Morgan fingerprint density at radius 2 is 1.77 bits per heavy atom. The predicted octanol–water partition coefficient (Wildman–Crippen LogP) is 4.67. The summed E-state index contributed by atoms with van der Waals surface area (Å²) in [5.41, 5.74) is 1.60. The first-order chi connectivity index (χ1) is 14.0. The lowest BCUT2D eigenvalue weighted by Gasteiger charge is -2.10. The van der Waals surface area contributed by atoms with Gasteiger partial charge in [0.05, 0.1) is 12.2 Å². The lowest BCUT2D eigenvalue weighted by molar-refractivity contribution is 0.571. The van der Waals surface area contributed by atoms with E-state index in [0.29, 0.717) is 36.9 Å². The standard InChI is InChI=1S/C21H21F3N4O.HI/c1-2-25-21(27-12-15-11-17(23)7-8-19(15)24)26-10-9-18-13-29-20(28-18)14-3-5-16(22)6-4-14;/h3-8,11,13H,2,9-10,12H2,1H3,(H2,25,26,27);1H. The predicted molar refractivity (Wildman–Crippen MR) is 120 cm³/mol. The average molecular weight is 530 g/mol. The number of hydrogen-bond donors (Lipinski definition) is 2. The fraction of sp³-hybridized carbons (Fsp3) is 0.238. The first kappa shape index (κ1) is 23.7. The molecule has 0 unspecified atom stereocenters. The Bertz CT molecular complexity index is 977. The maximum Gasteiger partial charge on any atom is 0.226 e. The summed E-state index contributed by atoms with van der Waals surface area (Å²) in [6, 6.07) is 9.20. The van der Waals surface area contributed by atoms with Crippen molar-refractivity contribution < 1.29 is 17.6 Å². The molecule has 0 amide bonds. The van der Waals surface area contributed by atoms with E-state index in [-0.39, 0.29) is 41.9 Å². The molecule has 30 heavy (non-hydrogen) atoms. The molecule has 0 saturated heterocycles. The first-order valence-corrected chi connectivity index (χ1v) is 9.21. The minimum absolute atomic E-state index is 0. The number of guanidine groups is 1. The van der Waals surface area contributed by atoms with E-state index in [2.05, 4.69) is 20.6 Å². The van der Waals surface area contributed by atoms with E-state index in [9.17, 15) is 13.2 Å². The second-order valence-corrected chi connectivity index (χ2v) is 6.26. The Morgan fingerprint density at radius 1 is 1.03 bits per heavy atom. The van der Waals surface area contributed by atoms with Crippen LogP contribution in [0.4, 0.5) is 13.2 Å². The highest BCUT2D eigenvalue weighted by Crippen LogP contribution is 2.19. The van der Waals surface area contributed by atoms with Gasteiger partial charge in [-0.1, -0.05) is 0 Å². The zero-order valence-corrected chi connectivity index (χ0v) is 18.6. The number of halogens is 4. The summed E-state index contributed by atoms with van der Waals surface area (Å²) < 4.78 is 45.5. The highest BCUT2D eigenvalue weighted by Gasteiger charge is 2.08. The molecular weight excluding hydrogens is 508 g/mol. The summed E-state index contributed by atoms with van der Waals surface area (Å²) >= 11 is 0. The number of nitrogens with zero attached hydrogens (tertiary/aromatic N) is 2. The Morgan fingerprint density at radius 3 is 2.50 bits per heavy atom. The molecule has 0 radical (unpaired) electrons. The third-order valence-electron chi connectivity index (χ3n) is 4.08. The van der Waals surface area contributed by atoms with Crippen LogP contribution in [0.25, 0.3) is 11.5 Å². The molecule has 0 fully saturated rings. The third kappa shape index (κ3) is 6.75. The van der Waals surface area contributed by atoms with Gasteiger partial charge in [-0.2, -0.15) is 0 Å². The van der Waals surface area contributed by atoms with Crippen LogP contribution >= 0.6 is 24.0 Å². The Kier molecular flexibility index (Phi) is 9.15. The zero-order chi connectivity index (χ0) is 20.6. The normalized spacial score (nSPS) is 11.1. The van der Waals surface area contributed by atoms with Crippen LogP contribution in [0.15, 0.2) is 58.1 Å². The van der Waals surface area contributed by atoms with Crippen molar-refractivity contribution in [2.24, 2.45) is 4.99 Å². The molecule has 2 N–H and O–H groups in total. The molecule has 0 bridgehead atoms. The number of aromatic nitrogens is 1. The number of oxazole rings is 1. The third-order valence-corrected chi connectivity index (χ3v) is 4.08. The molecule has 0 aliphatic carbocycles. The molecule has 3 rings (SSSR count). The maximum atomic E-state index is 13.7. The van der Waals surface area contributed by atoms with Crippen LogP contribution in [-0.2, 0) is 13.0 Å². The van der Waals surface area contributed by atoms with Gasteiger partial charge >= 0.3 is 0 Å². The zero-order valence-electron chi connectivity index (χ0n) is 16.3. The van der Waals surface area contributed by atoms with Crippen LogP contribution in [0.3, 0.4) is 0 Å². The molecule has 1 heterocycles. The lowest BCUT2D eigenvalue weighted by atomic mass is 10.2. The van der Waals surface area contributed by atoms with Crippen LogP contribution in [0, 0.1) is 17.5 Å². The fourth-order valence-corrected chi connectivity index (χ4v) is 2.63. The molecule has 5 nitrogen and oxygen atoms in total. The molecule has 9 heteroatoms. The first-order valence-electron chi connectivity index (χ1n) is 9.21. The Balaban J connectivity index is 0.00000320. The van der Waals surface area contributed by atoms with E-state index in [1.165, 1.54) is 12.1 Å². The fourth-order valence-electron chi connectivity index (χ4n) is 2.63. The molecule has 0 atom stereocenters. The quantitative estimate of drug-likeness (QED) is 0.265. The number of aliphatic imine (C=N–C) groups is 1. The Labute approximate surface area is 189 Å². The summed E-state index contributed by atoms with van der Waals surface area (Å²) in [5.74, 6) is -0.418. The topological polar surface area (TPSA) is 62.5 Å². The van der Waals surface area contributed by atoms with E-state index < -0.39 is 11.6 Å². The van der Waals surface area contributed by atoms with Crippen molar-refractivity contribution in [3.63, 3.8) is 0 Å². The highest BCUT2D eigenvalue weighted by molar-refractivity contribution is 14.0. The molecule has 2 aromatic carbocycles. The maximum absolute atomic E-state index is 13.7. The SMILES string of the molecule is CCNC(=NCc1cc(F)ccc1F)NCCc1coc(-c2ccc(F)cc2)n1.I. The van der Waals surface area contributed by atoms with E-state index in [1.54, 1.807) is 18.4 Å². The van der Waals surface area contributed by atoms with Crippen LogP contribution in [0.5, 0.6) is 0 Å². The lowest BCUT2D eigenvalue weighted by Crippen LogP contribution is -2.38. The summed E-state index contributed by atoms with van der Waals surface area (Å²) in [6.45, 7) is 3.05. The molecule has 3 aromatic rings. The van der Waals surface area contributed by atoms with Gasteiger partial charge in [0.15, 0.2) is 5.96 Å². The highest BCUT2D eigenvalue weighted by atomic mass is 127. The van der Waals surface area contributed by atoms with E-state index >= 15 is 0 Å². The van der Waals surface area contributed by atoms with Crippen molar-refractivity contribution in [1.82, 2.24) is 15.6 Å². The van der Waals surface area contributed by atoms with Gasteiger partial charge in [-0.15, -0.1) is 24.0 Å². The molecular formula is C21H22F3IN4O. The van der Waals surface area contributed by atoms with E-state index in [1.807, 2.05) is 6.92 Å². The second kappa shape index (κ2) is 11.6. The van der Waals surface area contributed by atoms with Gasteiger partial charge in [0.2, 0.25) is 5.89 Å². The summed E-state index contributed by atoms with van der Waals surface area (Å²) in [4.78, 5) is 8.67. The molecule has 1 aromatic heterocycles. The van der Waals surface area contributed by atoms with Crippen molar-refractivity contribution in [1.29, 1.82) is 0 Å². The van der Waals surface area contributed by atoms with Gasteiger partial charge in [-0.3, -0.25) is 0 Å². The molecule has 0 spiro atoms. The second-order valence-electron chi connectivity index (χ2n) is 6.26. The van der Waals surface area contributed by atoms with Gasteiger partial charge in [-0.25, -0.2) is 23.1 Å². The van der Waals surface area contributed by atoms with Crippen molar-refractivity contribution in [3.8, 4) is 11.5 Å². The van der Waals surface area contributed by atoms with Gasteiger partial charge in [0, 0.05) is 30.6 Å². The molecule has 160 valence electrons. The molecule has 0 aliphatic heterocycles. The van der Waals surface area contributed by atoms with Gasteiger partial charge in [-0.05, 0) is 49.4 Å². The van der Waals surface area contributed by atoms with E-state index in [0.717, 1.165) is 23.9 Å². The van der Waals surface area contributed by atoms with Crippen molar-refractivity contribution in [3.05, 3.63) is 77.4 Å². The summed E-state index contributed by atoms with van der Waals surface area (Å²) in [7, 11) is 0. The monoisotopic (exact) mass is 530 g/mol. The largest absolute Gasteiger partial charge is 0.444 e. The average Bonchev–Trinajstić information content (AvgIpc) is 3.18. The molecule has 0 aliphatic rings. The summed E-state index contributed by atoms with van der Waals surface area (Å²) in [6.07, 6.45) is 2.11. The van der Waals surface area contributed by atoms with Gasteiger partial charge in [0.25, 0.3) is 0 Å². The Hall–Kier alpha value is -2.56. The van der Waals surface area contributed by atoms with Crippen molar-refractivity contribution in [2.75, 3.05) is 13.1 Å². The van der Waals surface area contributed by atoms with Crippen molar-refractivity contribution >= 4 is 29.9 Å². The number of nitrogens with one attached hydrogen (secondary N) is 2. The number of hydrogen-bond acceptors (Lipinski definition) is 3. The van der Waals surface area contributed by atoms with Crippen LogP contribution < -0.4 is 10.6 Å². The van der Waals surface area contributed by atoms with Gasteiger partial charge in [0.1, 0.15) is 23.7 Å². The van der Waals surface area contributed by atoms with Crippen LogP contribution in [0.1, 0.15) is 18.2 Å². The number of benzene rings is 2. The van der Waals surface area contributed by atoms with Gasteiger partial charge < -0.3 is 15.1 Å². The number of rotatable bonds is 7.